The van der Waals surface area contributed by atoms with E-state index in [4.69, 9.17) is 9.84 Å². The smallest absolute Gasteiger partial charge is 0.234 e. The van der Waals surface area contributed by atoms with E-state index in [2.05, 4.69) is 4.72 Å². The van der Waals surface area contributed by atoms with Crippen molar-refractivity contribution < 1.29 is 18.3 Å². The summed E-state index contributed by atoms with van der Waals surface area (Å²) in [5, 5.41) is 8.54. The molecule has 84 valence electrons. The van der Waals surface area contributed by atoms with E-state index in [1.165, 1.54) is 7.11 Å². The molecule has 0 saturated heterocycles. The minimum Gasteiger partial charge on any atom is -0.497 e. The number of hydrogen-bond donors (Lipinski definition) is 2. The second kappa shape index (κ2) is 4.99. The van der Waals surface area contributed by atoms with Crippen molar-refractivity contribution in [2.45, 2.75) is 0 Å². The SMILES string of the molecule is COc1cccc(NS(=O)(=O)CCO)c1. The molecule has 0 radical (unpaired) electrons. The molecule has 5 nitrogen and oxygen atoms in total. The maximum Gasteiger partial charge on any atom is 0.234 e. The van der Waals surface area contributed by atoms with Crippen molar-refractivity contribution in [3.8, 4) is 5.75 Å². The van der Waals surface area contributed by atoms with Crippen LogP contribution >= 0.6 is 0 Å². The van der Waals surface area contributed by atoms with Crippen LogP contribution in [0.25, 0.3) is 0 Å². The first-order valence-electron chi connectivity index (χ1n) is 4.33. The fourth-order valence-electron chi connectivity index (χ4n) is 1.04. The van der Waals surface area contributed by atoms with Crippen molar-refractivity contribution in [3.63, 3.8) is 0 Å². The summed E-state index contributed by atoms with van der Waals surface area (Å²) in [6.07, 6.45) is 0. The van der Waals surface area contributed by atoms with E-state index in [-0.39, 0.29) is 5.75 Å². The quantitative estimate of drug-likeness (QED) is 0.770. The van der Waals surface area contributed by atoms with Crippen LogP contribution in [0.15, 0.2) is 24.3 Å². The molecular weight excluding hydrogens is 218 g/mol. The van der Waals surface area contributed by atoms with Gasteiger partial charge in [-0.05, 0) is 12.1 Å². The maximum atomic E-state index is 11.3. The van der Waals surface area contributed by atoms with Gasteiger partial charge in [0.15, 0.2) is 0 Å². The number of methoxy groups -OCH3 is 1. The maximum absolute atomic E-state index is 11.3. The minimum absolute atomic E-state index is 0.315. The van der Waals surface area contributed by atoms with Crippen molar-refractivity contribution >= 4 is 15.7 Å². The molecule has 0 aromatic heterocycles. The molecule has 0 amide bonds. The molecule has 0 heterocycles. The van der Waals surface area contributed by atoms with E-state index in [9.17, 15) is 8.42 Å². The second-order valence-electron chi connectivity index (χ2n) is 2.88. The molecule has 0 saturated carbocycles. The Labute approximate surface area is 88.7 Å². The number of rotatable bonds is 5. The third-order valence-corrected chi connectivity index (χ3v) is 2.97. The number of aliphatic hydroxyl groups is 1. The van der Waals surface area contributed by atoms with Gasteiger partial charge in [0, 0.05) is 6.07 Å². The molecule has 0 spiro atoms. The highest BCUT2D eigenvalue weighted by Gasteiger charge is 2.09. The number of ether oxygens (including phenoxy) is 1. The van der Waals surface area contributed by atoms with Crippen molar-refractivity contribution in [2.24, 2.45) is 0 Å². The monoisotopic (exact) mass is 231 g/mol. The number of hydrogen-bond acceptors (Lipinski definition) is 4. The molecule has 0 unspecified atom stereocenters. The molecule has 1 aromatic carbocycles. The van der Waals surface area contributed by atoms with Crippen LogP contribution in [0.2, 0.25) is 0 Å². The zero-order valence-electron chi connectivity index (χ0n) is 8.30. The summed E-state index contributed by atoms with van der Waals surface area (Å²) in [5.41, 5.74) is 0.419. The highest BCUT2D eigenvalue weighted by molar-refractivity contribution is 7.92. The van der Waals surface area contributed by atoms with Crippen LogP contribution in [0, 0.1) is 0 Å². The summed E-state index contributed by atoms with van der Waals surface area (Å²) in [4.78, 5) is 0. The fourth-order valence-corrected chi connectivity index (χ4v) is 1.87. The largest absolute Gasteiger partial charge is 0.497 e. The minimum atomic E-state index is -3.47. The Morgan fingerprint density at radius 3 is 2.80 bits per heavy atom. The van der Waals surface area contributed by atoms with Crippen molar-refractivity contribution in [3.05, 3.63) is 24.3 Å². The van der Waals surface area contributed by atoms with Crippen LogP contribution in [0.3, 0.4) is 0 Å². The average Bonchev–Trinajstić information content (AvgIpc) is 2.17. The lowest BCUT2D eigenvalue weighted by Gasteiger charge is -2.07. The summed E-state index contributed by atoms with van der Waals surface area (Å²) in [6.45, 7) is -0.403. The topological polar surface area (TPSA) is 75.6 Å². The highest BCUT2D eigenvalue weighted by Crippen LogP contribution is 2.17. The zero-order chi connectivity index (χ0) is 11.3. The Morgan fingerprint density at radius 1 is 1.47 bits per heavy atom. The molecule has 0 fully saturated rings. The first kappa shape index (κ1) is 11.8. The van der Waals surface area contributed by atoms with Crippen LogP contribution < -0.4 is 9.46 Å². The van der Waals surface area contributed by atoms with Crippen molar-refractivity contribution in [2.75, 3.05) is 24.2 Å². The van der Waals surface area contributed by atoms with Gasteiger partial charge in [-0.3, -0.25) is 4.72 Å². The predicted molar refractivity (Wildman–Crippen MR) is 57.5 cm³/mol. The van der Waals surface area contributed by atoms with Gasteiger partial charge in [-0.1, -0.05) is 6.07 Å². The number of sulfonamides is 1. The molecule has 0 aliphatic heterocycles. The van der Waals surface area contributed by atoms with E-state index in [0.717, 1.165) is 0 Å². The molecule has 1 rings (SSSR count). The Balaban J connectivity index is 2.80. The first-order valence-corrected chi connectivity index (χ1v) is 5.98. The molecule has 0 atom stereocenters. The van der Waals surface area contributed by atoms with Crippen LogP contribution in [-0.4, -0.2) is 33.0 Å². The van der Waals surface area contributed by atoms with Gasteiger partial charge in [0.05, 0.1) is 25.2 Å². The highest BCUT2D eigenvalue weighted by atomic mass is 32.2. The van der Waals surface area contributed by atoms with Gasteiger partial charge in [0.25, 0.3) is 0 Å². The lowest BCUT2D eigenvalue weighted by atomic mass is 10.3. The summed E-state index contributed by atoms with van der Waals surface area (Å²) < 4.78 is 29.8. The third kappa shape index (κ3) is 3.77. The van der Waals surface area contributed by atoms with Gasteiger partial charge in [-0.25, -0.2) is 8.42 Å². The molecule has 2 N–H and O–H groups in total. The molecule has 0 aliphatic carbocycles. The van der Waals surface area contributed by atoms with E-state index >= 15 is 0 Å². The zero-order valence-corrected chi connectivity index (χ0v) is 9.12. The first-order chi connectivity index (χ1) is 7.07. The van der Waals surface area contributed by atoms with Crippen LogP contribution in [0.5, 0.6) is 5.75 Å². The summed E-state index contributed by atoms with van der Waals surface area (Å²) in [5.74, 6) is 0.253. The van der Waals surface area contributed by atoms with Crippen LogP contribution in [0.4, 0.5) is 5.69 Å². The molecule has 0 bridgehead atoms. The van der Waals surface area contributed by atoms with Gasteiger partial charge < -0.3 is 9.84 Å². The molecule has 1 aromatic rings. The average molecular weight is 231 g/mol. The third-order valence-electron chi connectivity index (χ3n) is 1.70. The lowest BCUT2D eigenvalue weighted by molar-refractivity contribution is 0.320. The summed E-state index contributed by atoms with van der Waals surface area (Å²) in [6, 6.07) is 6.56. The van der Waals surface area contributed by atoms with Gasteiger partial charge >= 0.3 is 0 Å². The van der Waals surface area contributed by atoms with Gasteiger partial charge in [-0.15, -0.1) is 0 Å². The van der Waals surface area contributed by atoms with E-state index in [1.807, 2.05) is 0 Å². The fraction of sp³-hybridized carbons (Fsp3) is 0.333. The predicted octanol–water partition coefficient (Wildman–Crippen LogP) is 0.429. The van der Waals surface area contributed by atoms with E-state index in [1.54, 1.807) is 24.3 Å². The molecule has 15 heavy (non-hydrogen) atoms. The van der Waals surface area contributed by atoms with Crippen molar-refractivity contribution in [1.82, 2.24) is 0 Å². The second-order valence-corrected chi connectivity index (χ2v) is 4.72. The van der Waals surface area contributed by atoms with E-state index < -0.39 is 16.6 Å². The Morgan fingerprint density at radius 2 is 2.20 bits per heavy atom. The van der Waals surface area contributed by atoms with E-state index in [0.29, 0.717) is 11.4 Å². The normalized spacial score (nSPS) is 11.1. The number of anilines is 1. The van der Waals surface area contributed by atoms with Gasteiger partial charge in [0.2, 0.25) is 10.0 Å². The van der Waals surface area contributed by atoms with Crippen molar-refractivity contribution in [1.29, 1.82) is 0 Å². The summed E-state index contributed by atoms with van der Waals surface area (Å²) >= 11 is 0. The Bertz CT molecular complexity index is 416. The lowest BCUT2D eigenvalue weighted by Crippen LogP contribution is -2.18. The molecule has 0 aliphatic rings. The number of nitrogens with one attached hydrogen (secondary N) is 1. The summed E-state index contributed by atoms with van der Waals surface area (Å²) in [7, 11) is -1.96. The Kier molecular flexibility index (Phi) is 3.93. The Hall–Kier alpha value is -1.27. The number of benzene rings is 1. The standard InChI is InChI=1S/C9H13NO4S/c1-14-9-4-2-3-8(7-9)10-15(12,13)6-5-11/h2-4,7,10-11H,5-6H2,1H3. The van der Waals surface area contributed by atoms with Gasteiger partial charge in [0.1, 0.15) is 5.75 Å². The number of aliphatic hydroxyl groups excluding tert-OH is 1. The molecular formula is C9H13NO4S. The van der Waals surface area contributed by atoms with Crippen LogP contribution in [0.1, 0.15) is 0 Å². The molecule has 6 heteroatoms. The van der Waals surface area contributed by atoms with Crippen LogP contribution in [-0.2, 0) is 10.0 Å². The van der Waals surface area contributed by atoms with Gasteiger partial charge in [-0.2, -0.15) is 0 Å².